The van der Waals surface area contributed by atoms with E-state index in [-0.39, 0.29) is 5.56 Å². The first-order chi connectivity index (χ1) is 16.7. The maximum atomic E-state index is 11.4. The van der Waals surface area contributed by atoms with Crippen molar-refractivity contribution >= 4 is 16.9 Å². The molecule has 1 fully saturated rings. The Bertz CT molecular complexity index is 1070. The van der Waals surface area contributed by atoms with Crippen LogP contribution >= 0.6 is 0 Å². The number of hydrogen-bond acceptors (Lipinski definition) is 3. The maximum absolute atomic E-state index is 11.4. The number of ether oxygens (including phenoxy) is 1. The molecule has 0 atom stereocenters. The molecule has 1 aliphatic heterocycles. The molecule has 0 bridgehead atoms. The van der Waals surface area contributed by atoms with Gasteiger partial charge in [0.15, 0.2) is 0 Å². The molecule has 5 nitrogen and oxygen atoms in total. The SMILES string of the molecule is CCCCCCCn1cc(C2CCN(CCOc3ccccc3C(=O)O)CC2)c2ccccc21. The van der Waals surface area contributed by atoms with E-state index in [1.807, 2.05) is 6.07 Å². The van der Waals surface area contributed by atoms with Gasteiger partial charge in [-0.25, -0.2) is 4.79 Å². The number of likely N-dealkylation sites (tertiary alicyclic amines) is 1. The molecule has 34 heavy (non-hydrogen) atoms. The third-order valence-corrected chi connectivity index (χ3v) is 7.13. The number of fused-ring (bicyclic) bond motifs is 1. The van der Waals surface area contributed by atoms with Crippen molar-refractivity contribution in [2.24, 2.45) is 0 Å². The monoisotopic (exact) mass is 462 g/mol. The zero-order valence-corrected chi connectivity index (χ0v) is 20.4. The number of carboxylic acid groups (broad SMARTS) is 1. The minimum Gasteiger partial charge on any atom is -0.491 e. The van der Waals surface area contributed by atoms with Gasteiger partial charge in [0.2, 0.25) is 0 Å². The van der Waals surface area contributed by atoms with Gasteiger partial charge in [0.25, 0.3) is 0 Å². The summed E-state index contributed by atoms with van der Waals surface area (Å²) in [6.45, 7) is 6.80. The van der Waals surface area contributed by atoms with Crippen LogP contribution in [-0.4, -0.2) is 46.8 Å². The summed E-state index contributed by atoms with van der Waals surface area (Å²) in [5.41, 5.74) is 3.11. The van der Waals surface area contributed by atoms with Gasteiger partial charge in [-0.3, -0.25) is 4.90 Å². The number of aryl methyl sites for hydroxylation is 1. The fourth-order valence-corrected chi connectivity index (χ4v) is 5.19. The van der Waals surface area contributed by atoms with Gasteiger partial charge in [-0.15, -0.1) is 0 Å². The molecule has 0 radical (unpaired) electrons. The molecule has 2 aromatic carbocycles. The minimum atomic E-state index is -0.948. The van der Waals surface area contributed by atoms with Gasteiger partial charge in [0.05, 0.1) is 0 Å². The van der Waals surface area contributed by atoms with Crippen molar-refractivity contribution in [2.45, 2.75) is 64.3 Å². The normalized spacial score (nSPS) is 15.1. The summed E-state index contributed by atoms with van der Waals surface area (Å²) < 4.78 is 8.29. The van der Waals surface area contributed by atoms with Crippen LogP contribution < -0.4 is 4.74 Å². The van der Waals surface area contributed by atoms with E-state index in [2.05, 4.69) is 46.9 Å². The Balaban J connectivity index is 1.31. The Morgan fingerprint density at radius 3 is 2.50 bits per heavy atom. The largest absolute Gasteiger partial charge is 0.491 e. The average Bonchev–Trinajstić information content (AvgIpc) is 3.23. The smallest absolute Gasteiger partial charge is 0.339 e. The summed E-state index contributed by atoms with van der Waals surface area (Å²) in [4.78, 5) is 13.8. The zero-order chi connectivity index (χ0) is 23.8. The van der Waals surface area contributed by atoms with E-state index in [0.717, 1.165) is 39.0 Å². The molecule has 1 aromatic heterocycles. The number of aromatic carboxylic acids is 1. The molecular weight excluding hydrogens is 424 g/mol. The van der Waals surface area contributed by atoms with Crippen molar-refractivity contribution in [3.63, 3.8) is 0 Å². The van der Waals surface area contributed by atoms with Crippen molar-refractivity contribution in [1.29, 1.82) is 0 Å². The zero-order valence-electron chi connectivity index (χ0n) is 20.4. The Morgan fingerprint density at radius 2 is 1.71 bits per heavy atom. The second kappa shape index (κ2) is 12.1. The number of benzene rings is 2. The van der Waals surface area contributed by atoms with Crippen LogP contribution in [0.2, 0.25) is 0 Å². The predicted octanol–water partition coefficient (Wildman–Crippen LogP) is 6.57. The van der Waals surface area contributed by atoms with Crippen molar-refractivity contribution in [2.75, 3.05) is 26.2 Å². The summed E-state index contributed by atoms with van der Waals surface area (Å²) in [6, 6.07) is 15.7. The lowest BCUT2D eigenvalue weighted by atomic mass is 9.89. The fraction of sp³-hybridized carbons (Fsp3) is 0.483. The van der Waals surface area contributed by atoms with Crippen LogP contribution in [-0.2, 0) is 6.54 Å². The van der Waals surface area contributed by atoms with E-state index in [1.165, 1.54) is 48.6 Å². The van der Waals surface area contributed by atoms with Gasteiger partial charge < -0.3 is 14.4 Å². The first-order valence-corrected chi connectivity index (χ1v) is 12.9. The molecule has 2 heterocycles. The summed E-state index contributed by atoms with van der Waals surface area (Å²) in [7, 11) is 0. The molecule has 1 aliphatic rings. The third kappa shape index (κ3) is 6.01. The lowest BCUT2D eigenvalue weighted by molar-refractivity contribution is 0.0691. The maximum Gasteiger partial charge on any atom is 0.339 e. The van der Waals surface area contributed by atoms with Crippen molar-refractivity contribution in [3.05, 3.63) is 65.9 Å². The van der Waals surface area contributed by atoms with Crippen molar-refractivity contribution in [3.8, 4) is 5.75 Å². The van der Waals surface area contributed by atoms with Crippen molar-refractivity contribution < 1.29 is 14.6 Å². The van der Waals surface area contributed by atoms with Crippen LogP contribution in [0, 0.1) is 0 Å². The van der Waals surface area contributed by atoms with Gasteiger partial charge in [-0.1, -0.05) is 62.9 Å². The number of piperidine rings is 1. The second-order valence-corrected chi connectivity index (χ2v) is 9.47. The summed E-state index contributed by atoms with van der Waals surface area (Å²) in [5.74, 6) is 0.0973. The number of carboxylic acids is 1. The van der Waals surface area contributed by atoms with Gasteiger partial charge in [-0.05, 0) is 62.0 Å². The first-order valence-electron chi connectivity index (χ1n) is 12.9. The second-order valence-electron chi connectivity index (χ2n) is 9.47. The number of nitrogens with zero attached hydrogens (tertiary/aromatic N) is 2. The number of unbranched alkanes of at least 4 members (excludes halogenated alkanes) is 4. The van der Waals surface area contributed by atoms with Crippen LogP contribution in [0.1, 0.15) is 73.7 Å². The Hall–Kier alpha value is -2.79. The van der Waals surface area contributed by atoms with Gasteiger partial charge in [0.1, 0.15) is 17.9 Å². The van der Waals surface area contributed by atoms with E-state index in [1.54, 1.807) is 18.2 Å². The molecule has 0 spiro atoms. The standard InChI is InChI=1S/C29H38N2O3/c1-2-3-4-5-10-17-31-22-26(24-11-6-8-13-27(24)31)23-15-18-30(19-16-23)20-21-34-28-14-9-7-12-25(28)29(32)33/h6-9,11-14,22-23H,2-5,10,15-21H2,1H3,(H,32,33). The average molecular weight is 463 g/mol. The molecule has 0 aliphatic carbocycles. The highest BCUT2D eigenvalue weighted by Gasteiger charge is 2.23. The van der Waals surface area contributed by atoms with E-state index < -0.39 is 5.97 Å². The van der Waals surface area contributed by atoms with Crippen molar-refractivity contribution in [1.82, 2.24) is 9.47 Å². The first kappa shape index (κ1) is 24.3. The highest BCUT2D eigenvalue weighted by atomic mass is 16.5. The highest BCUT2D eigenvalue weighted by molar-refractivity contribution is 5.90. The summed E-state index contributed by atoms with van der Waals surface area (Å²) >= 11 is 0. The van der Waals surface area contributed by atoms with E-state index in [4.69, 9.17) is 4.74 Å². The number of aromatic nitrogens is 1. The van der Waals surface area contributed by atoms with Crippen LogP contribution in [0.25, 0.3) is 10.9 Å². The van der Waals surface area contributed by atoms with Crippen LogP contribution in [0.15, 0.2) is 54.7 Å². The lowest BCUT2D eigenvalue weighted by Gasteiger charge is -2.31. The third-order valence-electron chi connectivity index (χ3n) is 7.13. The number of hydrogen-bond donors (Lipinski definition) is 1. The lowest BCUT2D eigenvalue weighted by Crippen LogP contribution is -2.35. The molecule has 3 aromatic rings. The molecule has 0 amide bonds. The van der Waals surface area contributed by atoms with Gasteiger partial charge in [-0.2, -0.15) is 0 Å². The Labute approximate surface area is 203 Å². The molecule has 182 valence electrons. The molecular formula is C29H38N2O3. The minimum absolute atomic E-state index is 0.225. The Kier molecular flexibility index (Phi) is 8.64. The van der Waals surface area contributed by atoms with Crippen LogP contribution in [0.5, 0.6) is 5.75 Å². The van der Waals surface area contributed by atoms with Gasteiger partial charge in [0, 0.05) is 30.2 Å². The quantitative estimate of drug-likeness (QED) is 0.309. The van der Waals surface area contributed by atoms with E-state index in [9.17, 15) is 9.90 Å². The Morgan fingerprint density at radius 1 is 0.971 bits per heavy atom. The summed E-state index contributed by atoms with van der Waals surface area (Å²) in [5, 5.41) is 10.7. The number of para-hydroxylation sites is 2. The number of rotatable bonds is 12. The topological polar surface area (TPSA) is 54.7 Å². The fourth-order valence-electron chi connectivity index (χ4n) is 5.19. The van der Waals surface area contributed by atoms with E-state index >= 15 is 0 Å². The van der Waals surface area contributed by atoms with Gasteiger partial charge >= 0.3 is 5.97 Å². The highest BCUT2D eigenvalue weighted by Crippen LogP contribution is 2.34. The molecule has 4 rings (SSSR count). The predicted molar refractivity (Wildman–Crippen MR) is 138 cm³/mol. The van der Waals surface area contributed by atoms with Crippen LogP contribution in [0.4, 0.5) is 0 Å². The summed E-state index contributed by atoms with van der Waals surface area (Å²) in [6.07, 6.45) is 11.3. The van der Waals surface area contributed by atoms with Crippen LogP contribution in [0.3, 0.4) is 0 Å². The molecule has 5 heteroatoms. The molecule has 0 saturated carbocycles. The molecule has 1 N–H and O–H groups in total. The number of carbonyl (C=O) groups is 1. The molecule has 0 unspecified atom stereocenters. The van der Waals surface area contributed by atoms with E-state index in [0.29, 0.717) is 18.3 Å². The molecule has 1 saturated heterocycles.